The van der Waals surface area contributed by atoms with Crippen molar-refractivity contribution in [3.05, 3.63) is 0 Å². The first kappa shape index (κ1) is 19.4. The molecule has 1 amide bonds. The zero-order valence-electron chi connectivity index (χ0n) is 15.5. The third-order valence-corrected chi connectivity index (χ3v) is 3.22. The second kappa shape index (κ2) is 6.05. The molecule has 0 fully saturated rings. The molecule has 0 saturated carbocycles. The molecule has 0 rings (SSSR count). The zero-order valence-corrected chi connectivity index (χ0v) is 15.5. The Kier molecular flexibility index (Phi) is 5.87. The molecule has 3 heteroatoms. The van der Waals surface area contributed by atoms with Gasteiger partial charge in [0, 0.05) is 17.4 Å². The lowest BCUT2D eigenvalue weighted by Gasteiger charge is -2.36. The Morgan fingerprint density at radius 3 is 1.75 bits per heavy atom. The summed E-state index contributed by atoms with van der Waals surface area (Å²) >= 11 is 0. The van der Waals surface area contributed by atoms with Crippen molar-refractivity contribution < 1.29 is 9.28 Å². The normalized spacial score (nSPS) is 14.3. The second-order valence-corrected chi connectivity index (χ2v) is 9.92. The molecule has 0 bridgehead atoms. The molecule has 0 saturated heterocycles. The zero-order chi connectivity index (χ0) is 16.4. The van der Waals surface area contributed by atoms with Crippen molar-refractivity contribution in [1.29, 1.82) is 0 Å². The Hall–Kier alpha value is -0.570. The van der Waals surface area contributed by atoms with Crippen LogP contribution in [0.25, 0.3) is 0 Å². The molecule has 120 valence electrons. The van der Waals surface area contributed by atoms with E-state index in [0.29, 0.717) is 0 Å². The lowest BCUT2D eigenvalue weighted by Crippen LogP contribution is -2.49. The van der Waals surface area contributed by atoms with Gasteiger partial charge in [0.1, 0.15) is 0 Å². The summed E-state index contributed by atoms with van der Waals surface area (Å²) in [6.45, 7) is 16.8. The predicted octanol–water partition coefficient (Wildman–Crippen LogP) is 3.30. The molecule has 0 atom stereocenters. The van der Waals surface area contributed by atoms with Gasteiger partial charge < -0.3 is 9.80 Å². The van der Waals surface area contributed by atoms with Crippen LogP contribution >= 0.6 is 0 Å². The van der Waals surface area contributed by atoms with Crippen LogP contribution in [0, 0.1) is 16.2 Å². The molecular weight excluding hydrogens is 248 g/mol. The standard InChI is InChI=1S/C17H36N2O/c1-15(2,3)11-17(6,7)14(20)18-12-16(4,5)13-19(8,9)10/h11-13H2,1-10H3/p+1. The van der Waals surface area contributed by atoms with E-state index in [2.05, 4.69) is 61.1 Å². The molecule has 0 spiro atoms. The van der Waals surface area contributed by atoms with Crippen molar-refractivity contribution in [2.24, 2.45) is 16.2 Å². The summed E-state index contributed by atoms with van der Waals surface area (Å²) in [5.74, 6) is 0.168. The van der Waals surface area contributed by atoms with E-state index in [4.69, 9.17) is 0 Å². The maximum absolute atomic E-state index is 12.4. The lowest BCUT2D eigenvalue weighted by molar-refractivity contribution is -0.876. The van der Waals surface area contributed by atoms with Gasteiger partial charge in [-0.15, -0.1) is 0 Å². The minimum atomic E-state index is -0.315. The van der Waals surface area contributed by atoms with Crippen LogP contribution in [0.15, 0.2) is 0 Å². The van der Waals surface area contributed by atoms with Crippen LogP contribution in [0.5, 0.6) is 0 Å². The van der Waals surface area contributed by atoms with Gasteiger partial charge in [-0.3, -0.25) is 4.79 Å². The molecule has 1 N–H and O–H groups in total. The quantitative estimate of drug-likeness (QED) is 0.745. The summed E-state index contributed by atoms with van der Waals surface area (Å²) in [6, 6.07) is 0. The Bertz CT molecular complexity index is 330. The SMILES string of the molecule is CC(C)(C)CC(C)(C)C(=O)NCC(C)(C)C[N+](C)(C)C. The van der Waals surface area contributed by atoms with Gasteiger partial charge in [-0.2, -0.15) is 0 Å². The third-order valence-electron chi connectivity index (χ3n) is 3.22. The van der Waals surface area contributed by atoms with Crippen LogP contribution < -0.4 is 5.32 Å². The van der Waals surface area contributed by atoms with Gasteiger partial charge in [0.15, 0.2) is 0 Å². The molecule has 0 aliphatic carbocycles. The maximum atomic E-state index is 12.4. The summed E-state index contributed by atoms with van der Waals surface area (Å²) in [4.78, 5) is 12.4. The fraction of sp³-hybridized carbons (Fsp3) is 0.941. The van der Waals surface area contributed by atoms with Gasteiger partial charge >= 0.3 is 0 Å². The van der Waals surface area contributed by atoms with Crippen LogP contribution in [0.3, 0.4) is 0 Å². The number of nitrogens with one attached hydrogen (secondary N) is 1. The van der Waals surface area contributed by atoms with E-state index < -0.39 is 0 Å². The highest BCUT2D eigenvalue weighted by molar-refractivity contribution is 5.81. The molecule has 0 aliphatic heterocycles. The predicted molar refractivity (Wildman–Crippen MR) is 87.5 cm³/mol. The van der Waals surface area contributed by atoms with Crippen molar-refractivity contribution in [2.75, 3.05) is 34.2 Å². The molecule has 0 aromatic rings. The van der Waals surface area contributed by atoms with Crippen molar-refractivity contribution in [2.45, 2.75) is 54.9 Å². The van der Waals surface area contributed by atoms with Crippen molar-refractivity contribution in [3.8, 4) is 0 Å². The lowest BCUT2D eigenvalue weighted by atomic mass is 9.75. The van der Waals surface area contributed by atoms with E-state index >= 15 is 0 Å². The smallest absolute Gasteiger partial charge is 0.225 e. The van der Waals surface area contributed by atoms with E-state index in [1.165, 1.54) is 0 Å². The molecule has 0 radical (unpaired) electrons. The first-order chi connectivity index (χ1) is 8.54. The number of amides is 1. The molecule has 20 heavy (non-hydrogen) atoms. The Morgan fingerprint density at radius 2 is 1.40 bits per heavy atom. The minimum absolute atomic E-state index is 0.103. The second-order valence-electron chi connectivity index (χ2n) is 9.92. The molecule has 0 heterocycles. The molecule has 0 aromatic carbocycles. The van der Waals surface area contributed by atoms with Crippen molar-refractivity contribution in [3.63, 3.8) is 0 Å². The van der Waals surface area contributed by atoms with Gasteiger partial charge in [0.2, 0.25) is 5.91 Å². The monoisotopic (exact) mass is 285 g/mol. The number of carbonyl (C=O) groups is 1. The molecule has 3 nitrogen and oxygen atoms in total. The Morgan fingerprint density at radius 1 is 0.950 bits per heavy atom. The molecule has 0 unspecified atom stereocenters. The van der Waals surface area contributed by atoms with Gasteiger partial charge in [-0.05, 0) is 11.8 Å². The van der Waals surface area contributed by atoms with Crippen molar-refractivity contribution in [1.82, 2.24) is 5.32 Å². The molecule has 0 aromatic heterocycles. The van der Waals surface area contributed by atoms with Crippen LogP contribution in [-0.2, 0) is 4.79 Å². The number of hydrogen-bond donors (Lipinski definition) is 1. The van der Waals surface area contributed by atoms with E-state index in [0.717, 1.165) is 24.0 Å². The molecular formula is C17H37N2O+. The highest BCUT2D eigenvalue weighted by Gasteiger charge is 2.34. The first-order valence-electron chi connectivity index (χ1n) is 7.63. The number of carbonyl (C=O) groups excluding carboxylic acids is 1. The average molecular weight is 285 g/mol. The Balaban J connectivity index is 4.55. The fourth-order valence-corrected chi connectivity index (χ4v) is 3.30. The summed E-state index contributed by atoms with van der Waals surface area (Å²) in [7, 11) is 6.56. The fourth-order valence-electron chi connectivity index (χ4n) is 3.30. The first-order valence-corrected chi connectivity index (χ1v) is 7.63. The van der Waals surface area contributed by atoms with E-state index in [1.54, 1.807) is 0 Å². The number of rotatable bonds is 6. The van der Waals surface area contributed by atoms with Crippen LogP contribution in [0.2, 0.25) is 0 Å². The topological polar surface area (TPSA) is 29.1 Å². The summed E-state index contributed by atoms with van der Waals surface area (Å²) in [6.07, 6.45) is 0.890. The van der Waals surface area contributed by atoms with E-state index in [9.17, 15) is 4.79 Å². The average Bonchev–Trinajstić information content (AvgIpc) is 2.05. The van der Waals surface area contributed by atoms with Crippen LogP contribution in [-0.4, -0.2) is 44.6 Å². The summed E-state index contributed by atoms with van der Waals surface area (Å²) in [5, 5.41) is 3.16. The highest BCUT2D eigenvalue weighted by atomic mass is 16.2. The maximum Gasteiger partial charge on any atom is 0.225 e. The number of hydrogen-bond acceptors (Lipinski definition) is 1. The molecule has 0 aliphatic rings. The number of quaternary nitrogens is 1. The van der Waals surface area contributed by atoms with Gasteiger partial charge in [-0.25, -0.2) is 0 Å². The van der Waals surface area contributed by atoms with Crippen LogP contribution in [0.4, 0.5) is 0 Å². The highest BCUT2D eigenvalue weighted by Crippen LogP contribution is 2.33. The van der Waals surface area contributed by atoms with Gasteiger partial charge in [-0.1, -0.05) is 48.5 Å². The van der Waals surface area contributed by atoms with E-state index in [1.807, 2.05) is 13.8 Å². The van der Waals surface area contributed by atoms with E-state index in [-0.39, 0.29) is 22.2 Å². The van der Waals surface area contributed by atoms with Gasteiger partial charge in [0.05, 0.1) is 27.7 Å². The van der Waals surface area contributed by atoms with Crippen molar-refractivity contribution >= 4 is 5.91 Å². The summed E-state index contributed by atoms with van der Waals surface area (Å²) in [5.41, 5.74) is -0.0463. The Labute approximate surface area is 126 Å². The third kappa shape index (κ3) is 8.57. The largest absolute Gasteiger partial charge is 0.355 e. The number of nitrogens with zero attached hydrogens (tertiary/aromatic N) is 1. The summed E-state index contributed by atoms with van der Waals surface area (Å²) < 4.78 is 0.911. The van der Waals surface area contributed by atoms with Gasteiger partial charge in [0.25, 0.3) is 0 Å². The minimum Gasteiger partial charge on any atom is -0.355 e. The van der Waals surface area contributed by atoms with Crippen LogP contribution in [0.1, 0.15) is 54.9 Å².